The van der Waals surface area contributed by atoms with E-state index in [4.69, 9.17) is 5.26 Å². The van der Waals surface area contributed by atoms with E-state index in [1.54, 1.807) is 28.7 Å². The van der Waals surface area contributed by atoms with Crippen LogP contribution in [0.3, 0.4) is 0 Å². The maximum Gasteiger partial charge on any atom is 0.266 e. The van der Waals surface area contributed by atoms with Gasteiger partial charge in [0.1, 0.15) is 6.07 Å². The summed E-state index contributed by atoms with van der Waals surface area (Å²) in [6.07, 6.45) is -1.54. The summed E-state index contributed by atoms with van der Waals surface area (Å²) in [6, 6.07) is 1.79. The summed E-state index contributed by atoms with van der Waals surface area (Å²) < 4.78 is 25.2. The molecule has 0 aliphatic carbocycles. The van der Waals surface area contributed by atoms with Crippen molar-refractivity contribution in [3.63, 3.8) is 0 Å². The molecule has 0 N–H and O–H groups in total. The minimum absolute atomic E-state index is 0.119. The number of hydrogen-bond donors (Lipinski definition) is 0. The molecule has 0 amide bonds. The SMILES string of the molecule is N#Cc1ncc(C(F)F)c(I)c1Br. The Morgan fingerprint density at radius 1 is 1.62 bits per heavy atom. The molecule has 2 nitrogen and oxygen atoms in total. The number of aromatic nitrogens is 1. The molecule has 0 fully saturated rings. The molecule has 0 saturated carbocycles. The summed E-state index contributed by atoms with van der Waals surface area (Å²) in [5.41, 5.74) is -0.0414. The summed E-state index contributed by atoms with van der Waals surface area (Å²) in [4.78, 5) is 3.59. The van der Waals surface area contributed by atoms with Crippen molar-refractivity contribution >= 4 is 38.5 Å². The fourth-order valence-corrected chi connectivity index (χ4v) is 1.76. The van der Waals surface area contributed by atoms with E-state index < -0.39 is 6.43 Å². The molecule has 0 unspecified atom stereocenters. The van der Waals surface area contributed by atoms with Crippen molar-refractivity contribution in [3.8, 4) is 6.07 Å². The van der Waals surface area contributed by atoms with Crippen molar-refractivity contribution in [1.82, 2.24) is 4.98 Å². The van der Waals surface area contributed by atoms with Crippen molar-refractivity contribution in [1.29, 1.82) is 5.26 Å². The second-order valence-electron chi connectivity index (χ2n) is 2.10. The number of halogens is 4. The Hall–Kier alpha value is -0.290. The smallest absolute Gasteiger partial charge is 0.244 e. The Morgan fingerprint density at radius 3 is 2.69 bits per heavy atom. The molecule has 13 heavy (non-hydrogen) atoms. The van der Waals surface area contributed by atoms with Gasteiger partial charge in [-0.1, -0.05) is 0 Å². The molecule has 0 aliphatic heterocycles. The lowest BCUT2D eigenvalue weighted by atomic mass is 10.2. The van der Waals surface area contributed by atoms with Crippen molar-refractivity contribution in [2.24, 2.45) is 0 Å². The number of rotatable bonds is 1. The summed E-state index contributed by atoms with van der Waals surface area (Å²) >= 11 is 4.78. The van der Waals surface area contributed by atoms with Gasteiger partial charge in [0, 0.05) is 9.77 Å². The van der Waals surface area contributed by atoms with Crippen LogP contribution in [0, 0.1) is 14.9 Å². The Morgan fingerprint density at radius 2 is 2.23 bits per heavy atom. The Kier molecular flexibility index (Phi) is 3.55. The normalized spacial score (nSPS) is 10.2. The van der Waals surface area contributed by atoms with Gasteiger partial charge >= 0.3 is 0 Å². The zero-order valence-electron chi connectivity index (χ0n) is 6.06. The molecule has 0 aliphatic rings. The number of alkyl halides is 2. The molecule has 68 valence electrons. The average molecular weight is 359 g/mol. The number of nitrogens with zero attached hydrogens (tertiary/aromatic N) is 2. The second-order valence-corrected chi connectivity index (χ2v) is 3.97. The van der Waals surface area contributed by atoms with Crippen LogP contribution < -0.4 is 0 Å². The molecule has 0 bridgehead atoms. The highest BCUT2D eigenvalue weighted by Crippen LogP contribution is 2.30. The van der Waals surface area contributed by atoms with E-state index in [2.05, 4.69) is 20.9 Å². The van der Waals surface area contributed by atoms with Gasteiger partial charge < -0.3 is 0 Å². The lowest BCUT2D eigenvalue weighted by molar-refractivity contribution is 0.150. The van der Waals surface area contributed by atoms with Gasteiger partial charge in [-0.3, -0.25) is 0 Å². The molecule has 0 saturated heterocycles. The molecule has 0 aromatic carbocycles. The quantitative estimate of drug-likeness (QED) is 0.722. The van der Waals surface area contributed by atoms with Crippen molar-refractivity contribution in [3.05, 3.63) is 25.5 Å². The highest BCUT2D eigenvalue weighted by atomic mass is 127. The topological polar surface area (TPSA) is 36.7 Å². The zero-order chi connectivity index (χ0) is 10.0. The number of hydrogen-bond acceptors (Lipinski definition) is 2. The van der Waals surface area contributed by atoms with E-state index in [1.807, 2.05) is 0 Å². The van der Waals surface area contributed by atoms with Crippen LogP contribution in [0.25, 0.3) is 0 Å². The van der Waals surface area contributed by atoms with Gasteiger partial charge in [0.25, 0.3) is 6.43 Å². The van der Waals surface area contributed by atoms with E-state index in [0.29, 0.717) is 8.04 Å². The van der Waals surface area contributed by atoms with Gasteiger partial charge in [-0.05, 0) is 38.5 Å². The summed E-state index contributed by atoms with van der Waals surface area (Å²) in [6.45, 7) is 0. The average Bonchev–Trinajstić information content (AvgIpc) is 2.09. The number of pyridine rings is 1. The van der Waals surface area contributed by atoms with Crippen LogP contribution in [0.4, 0.5) is 8.78 Å². The molecular formula is C7H2BrF2IN2. The predicted molar refractivity (Wildman–Crippen MR) is 54.3 cm³/mol. The van der Waals surface area contributed by atoms with E-state index in [1.165, 1.54) is 0 Å². The minimum Gasteiger partial charge on any atom is -0.244 e. The minimum atomic E-state index is -2.57. The lowest BCUT2D eigenvalue weighted by Gasteiger charge is -2.04. The third-order valence-electron chi connectivity index (χ3n) is 1.33. The van der Waals surface area contributed by atoms with Crippen LogP contribution in [-0.4, -0.2) is 4.98 Å². The van der Waals surface area contributed by atoms with Gasteiger partial charge in [0.15, 0.2) is 5.69 Å². The Balaban J connectivity index is 3.33. The molecule has 1 aromatic rings. The monoisotopic (exact) mass is 358 g/mol. The van der Waals surface area contributed by atoms with E-state index >= 15 is 0 Å². The first kappa shape index (κ1) is 10.8. The molecule has 6 heteroatoms. The van der Waals surface area contributed by atoms with Gasteiger partial charge in [-0.25, -0.2) is 13.8 Å². The molecule has 1 heterocycles. The van der Waals surface area contributed by atoms with Gasteiger partial charge in [0.2, 0.25) is 0 Å². The van der Waals surface area contributed by atoms with Crippen LogP contribution in [0.5, 0.6) is 0 Å². The van der Waals surface area contributed by atoms with Crippen LogP contribution in [0.15, 0.2) is 10.7 Å². The van der Waals surface area contributed by atoms with Gasteiger partial charge in [-0.2, -0.15) is 5.26 Å². The number of nitriles is 1. The first-order valence-corrected chi connectivity index (χ1v) is 4.97. The Bertz CT molecular complexity index is 375. The Labute approximate surface area is 95.2 Å². The van der Waals surface area contributed by atoms with E-state index in [9.17, 15) is 8.78 Å². The van der Waals surface area contributed by atoms with Crippen LogP contribution in [0.1, 0.15) is 17.7 Å². The van der Waals surface area contributed by atoms with E-state index in [-0.39, 0.29) is 11.3 Å². The summed E-state index contributed by atoms with van der Waals surface area (Å²) in [5.74, 6) is 0. The molecule has 1 aromatic heterocycles. The predicted octanol–water partition coefficient (Wildman–Crippen LogP) is 3.26. The third kappa shape index (κ3) is 2.14. The van der Waals surface area contributed by atoms with E-state index in [0.717, 1.165) is 6.20 Å². The first-order valence-electron chi connectivity index (χ1n) is 3.10. The maximum absolute atomic E-state index is 12.3. The van der Waals surface area contributed by atoms with Crippen molar-refractivity contribution in [2.45, 2.75) is 6.43 Å². The highest BCUT2D eigenvalue weighted by Gasteiger charge is 2.16. The summed E-state index contributed by atoms with van der Waals surface area (Å²) in [5, 5.41) is 8.54. The molecular weight excluding hydrogens is 357 g/mol. The van der Waals surface area contributed by atoms with Crippen molar-refractivity contribution < 1.29 is 8.78 Å². The second kappa shape index (κ2) is 4.28. The van der Waals surface area contributed by atoms with Crippen LogP contribution in [-0.2, 0) is 0 Å². The first-order chi connectivity index (χ1) is 6.07. The third-order valence-corrected chi connectivity index (χ3v) is 4.00. The highest BCUT2D eigenvalue weighted by molar-refractivity contribution is 14.1. The fraction of sp³-hybridized carbons (Fsp3) is 0.143. The van der Waals surface area contributed by atoms with Gasteiger partial charge in [-0.15, -0.1) is 0 Å². The van der Waals surface area contributed by atoms with Crippen LogP contribution >= 0.6 is 38.5 Å². The molecule has 0 atom stereocenters. The molecule has 0 radical (unpaired) electrons. The van der Waals surface area contributed by atoms with Crippen molar-refractivity contribution in [2.75, 3.05) is 0 Å². The summed E-state index contributed by atoms with van der Waals surface area (Å²) in [7, 11) is 0. The van der Waals surface area contributed by atoms with Gasteiger partial charge in [0.05, 0.1) is 10.0 Å². The fourth-order valence-electron chi connectivity index (χ4n) is 0.708. The van der Waals surface area contributed by atoms with Crippen LogP contribution in [0.2, 0.25) is 0 Å². The largest absolute Gasteiger partial charge is 0.266 e. The standard InChI is InChI=1S/C7H2BrF2IN2/c8-5-4(1-12)13-2-3(6(5)11)7(9)10/h2,7H. The molecule has 1 rings (SSSR count). The lowest BCUT2D eigenvalue weighted by Crippen LogP contribution is -1.96. The molecule has 0 spiro atoms. The zero-order valence-corrected chi connectivity index (χ0v) is 9.80. The maximum atomic E-state index is 12.3.